The molecular formula is C10H9NO4S. The Bertz CT molecular complexity index is 574. The third-order valence-electron chi connectivity index (χ3n) is 2.23. The fourth-order valence-corrected chi connectivity index (χ4v) is 2.97. The maximum atomic E-state index is 11.9. The summed E-state index contributed by atoms with van der Waals surface area (Å²) in [5.74, 6) is 0. The highest BCUT2D eigenvalue weighted by atomic mass is 32.2. The van der Waals surface area contributed by atoms with E-state index in [0.717, 1.165) is 0 Å². The molecule has 1 aromatic rings. The predicted octanol–water partition coefficient (Wildman–Crippen LogP) is 0.910. The van der Waals surface area contributed by atoms with Crippen LogP contribution in [0.2, 0.25) is 0 Å². The van der Waals surface area contributed by atoms with Crippen molar-refractivity contribution in [3.05, 3.63) is 34.7 Å². The topological polar surface area (TPSA) is 86.5 Å². The van der Waals surface area contributed by atoms with Gasteiger partial charge in [-0.05, 0) is 17.7 Å². The van der Waals surface area contributed by atoms with E-state index in [1.807, 2.05) is 0 Å². The summed E-state index contributed by atoms with van der Waals surface area (Å²) in [6, 6.07) is 6.58. The van der Waals surface area contributed by atoms with Crippen LogP contribution in [0, 0.1) is 0 Å². The Morgan fingerprint density at radius 2 is 2.00 bits per heavy atom. The molecule has 1 aromatic carbocycles. The maximum absolute atomic E-state index is 11.9. The molecule has 0 aliphatic carbocycles. The monoisotopic (exact) mass is 239 g/mol. The number of fused-ring (bicyclic) bond motifs is 1. The molecule has 0 fully saturated rings. The van der Waals surface area contributed by atoms with Crippen LogP contribution in [0.4, 0.5) is 4.79 Å². The van der Waals surface area contributed by atoms with E-state index in [1.54, 1.807) is 18.2 Å². The molecule has 0 saturated carbocycles. The smallest absolute Gasteiger partial charge is 0.404 e. The van der Waals surface area contributed by atoms with Crippen LogP contribution < -0.4 is 5.73 Å². The minimum atomic E-state index is -3.51. The summed E-state index contributed by atoms with van der Waals surface area (Å²) in [5, 5.41) is 0. The zero-order valence-corrected chi connectivity index (χ0v) is 9.03. The first-order chi connectivity index (χ1) is 7.51. The summed E-state index contributed by atoms with van der Waals surface area (Å²) in [7, 11) is -3.51. The Labute approximate surface area is 92.4 Å². The van der Waals surface area contributed by atoms with Gasteiger partial charge < -0.3 is 10.5 Å². The van der Waals surface area contributed by atoms with Crippen molar-refractivity contribution in [2.45, 2.75) is 4.90 Å². The molecule has 16 heavy (non-hydrogen) atoms. The summed E-state index contributed by atoms with van der Waals surface area (Å²) < 4.78 is 28.3. The van der Waals surface area contributed by atoms with Gasteiger partial charge in [0.15, 0.2) is 0 Å². The Morgan fingerprint density at radius 3 is 2.62 bits per heavy atom. The van der Waals surface area contributed by atoms with Gasteiger partial charge in [0.25, 0.3) is 0 Å². The largest absolute Gasteiger partial charge is 0.444 e. The number of amides is 1. The zero-order valence-electron chi connectivity index (χ0n) is 8.21. The summed E-state index contributed by atoms with van der Waals surface area (Å²) >= 11 is 0. The molecule has 0 saturated heterocycles. The van der Waals surface area contributed by atoms with Crippen LogP contribution in [0.15, 0.2) is 34.1 Å². The van der Waals surface area contributed by atoms with Crippen molar-refractivity contribution < 1.29 is 17.9 Å². The van der Waals surface area contributed by atoms with E-state index in [-0.39, 0.29) is 16.4 Å². The first kappa shape index (κ1) is 10.7. The molecule has 0 radical (unpaired) electrons. The van der Waals surface area contributed by atoms with E-state index in [4.69, 9.17) is 5.73 Å². The van der Waals surface area contributed by atoms with E-state index in [9.17, 15) is 13.2 Å². The van der Waals surface area contributed by atoms with Crippen LogP contribution in [-0.2, 0) is 14.6 Å². The number of sulfone groups is 1. The van der Waals surface area contributed by atoms with E-state index < -0.39 is 15.9 Å². The third kappa shape index (κ3) is 1.67. The number of ether oxygens (including phenoxy) is 1. The second-order valence-electron chi connectivity index (χ2n) is 3.26. The molecule has 0 aromatic heterocycles. The number of primary amides is 1. The number of carbonyl (C=O) groups is 1. The number of rotatable bonds is 2. The van der Waals surface area contributed by atoms with Gasteiger partial charge in [0.2, 0.25) is 9.84 Å². The lowest BCUT2D eigenvalue weighted by Gasteiger charge is -2.03. The lowest BCUT2D eigenvalue weighted by Crippen LogP contribution is -2.16. The Balaban J connectivity index is 2.36. The Hall–Kier alpha value is -1.82. The van der Waals surface area contributed by atoms with E-state index >= 15 is 0 Å². The van der Waals surface area contributed by atoms with Crippen molar-refractivity contribution in [1.82, 2.24) is 0 Å². The minimum Gasteiger partial charge on any atom is -0.444 e. The molecule has 1 aliphatic heterocycles. The number of carbonyl (C=O) groups excluding carboxylic acids is 1. The highest BCUT2D eigenvalue weighted by Gasteiger charge is 2.29. The fraction of sp³-hybridized carbons (Fsp3) is 0.100. The van der Waals surface area contributed by atoms with Gasteiger partial charge in [-0.1, -0.05) is 18.2 Å². The van der Waals surface area contributed by atoms with Crippen molar-refractivity contribution in [2.75, 3.05) is 6.61 Å². The van der Waals surface area contributed by atoms with Crippen molar-refractivity contribution >= 4 is 22.0 Å². The second kappa shape index (κ2) is 3.64. The average molecular weight is 239 g/mol. The van der Waals surface area contributed by atoms with Crippen molar-refractivity contribution in [3.8, 4) is 0 Å². The minimum absolute atomic E-state index is 0.0486. The predicted molar refractivity (Wildman–Crippen MR) is 57.1 cm³/mol. The first-order valence-corrected chi connectivity index (χ1v) is 5.97. The molecule has 5 nitrogen and oxygen atoms in total. The van der Waals surface area contributed by atoms with Gasteiger partial charge >= 0.3 is 6.09 Å². The van der Waals surface area contributed by atoms with Crippen LogP contribution in [0.25, 0.3) is 6.08 Å². The summed E-state index contributed by atoms with van der Waals surface area (Å²) in [5.41, 5.74) is 5.38. The number of hydrogen-bond acceptors (Lipinski definition) is 4. The highest BCUT2D eigenvalue weighted by Crippen LogP contribution is 2.32. The summed E-state index contributed by atoms with van der Waals surface area (Å²) in [6.07, 6.45) is 0.486. The number of benzene rings is 1. The molecule has 6 heteroatoms. The normalized spacial score (nSPS) is 16.4. The van der Waals surface area contributed by atoms with Gasteiger partial charge in [-0.3, -0.25) is 0 Å². The summed E-state index contributed by atoms with van der Waals surface area (Å²) in [4.78, 5) is 10.7. The van der Waals surface area contributed by atoms with E-state index in [2.05, 4.69) is 4.74 Å². The van der Waals surface area contributed by atoms with Crippen molar-refractivity contribution in [3.63, 3.8) is 0 Å². The highest BCUT2D eigenvalue weighted by molar-refractivity contribution is 7.95. The molecule has 2 N–H and O–H groups in total. The van der Waals surface area contributed by atoms with Gasteiger partial charge in [0.1, 0.15) is 6.61 Å². The van der Waals surface area contributed by atoms with Crippen LogP contribution in [0.1, 0.15) is 5.56 Å². The van der Waals surface area contributed by atoms with Crippen LogP contribution in [-0.4, -0.2) is 21.1 Å². The summed E-state index contributed by atoms with van der Waals surface area (Å²) in [6.45, 7) is -0.327. The third-order valence-corrected chi connectivity index (χ3v) is 4.10. The molecule has 1 amide bonds. The van der Waals surface area contributed by atoms with E-state index in [0.29, 0.717) is 5.56 Å². The van der Waals surface area contributed by atoms with Crippen molar-refractivity contribution in [2.24, 2.45) is 5.73 Å². The molecular weight excluding hydrogens is 230 g/mol. The Morgan fingerprint density at radius 1 is 1.31 bits per heavy atom. The molecule has 1 heterocycles. The first-order valence-electron chi connectivity index (χ1n) is 4.49. The molecule has 0 atom stereocenters. The van der Waals surface area contributed by atoms with Gasteiger partial charge in [0.05, 0.1) is 9.80 Å². The molecule has 0 spiro atoms. The average Bonchev–Trinajstić information content (AvgIpc) is 2.48. The molecule has 84 valence electrons. The van der Waals surface area contributed by atoms with E-state index in [1.165, 1.54) is 12.1 Å². The van der Waals surface area contributed by atoms with Gasteiger partial charge in [-0.15, -0.1) is 0 Å². The van der Waals surface area contributed by atoms with Crippen molar-refractivity contribution in [1.29, 1.82) is 0 Å². The zero-order chi connectivity index (χ0) is 11.8. The fourth-order valence-electron chi connectivity index (χ4n) is 1.50. The Kier molecular flexibility index (Phi) is 2.43. The molecule has 2 rings (SSSR count). The second-order valence-corrected chi connectivity index (χ2v) is 5.23. The molecule has 0 unspecified atom stereocenters. The molecule has 0 bridgehead atoms. The van der Waals surface area contributed by atoms with Crippen LogP contribution in [0.5, 0.6) is 0 Å². The maximum Gasteiger partial charge on any atom is 0.404 e. The van der Waals surface area contributed by atoms with Gasteiger partial charge in [-0.25, -0.2) is 13.2 Å². The number of nitrogens with two attached hydrogens (primary N) is 1. The van der Waals surface area contributed by atoms with Gasteiger partial charge in [-0.2, -0.15) is 0 Å². The quantitative estimate of drug-likeness (QED) is 0.831. The number of hydrogen-bond donors (Lipinski definition) is 1. The lowest BCUT2D eigenvalue weighted by atomic mass is 10.2. The molecule has 1 aliphatic rings. The van der Waals surface area contributed by atoms with Crippen LogP contribution >= 0.6 is 0 Å². The lowest BCUT2D eigenvalue weighted by molar-refractivity contribution is 0.168. The van der Waals surface area contributed by atoms with Crippen LogP contribution in [0.3, 0.4) is 0 Å². The standard InChI is InChI=1S/C10H9NO4S/c11-10(12)15-6-8-5-7-3-1-2-4-9(7)16(8,13)14/h1-5H,6H2,(H2,11,12). The SMILES string of the molecule is NC(=O)OCC1=Cc2ccccc2S1(=O)=O. The van der Waals surface area contributed by atoms with Gasteiger partial charge in [0, 0.05) is 0 Å².